The maximum atomic E-state index is 15.3. The van der Waals surface area contributed by atoms with Crippen molar-refractivity contribution in [3.05, 3.63) is 197 Å². The third-order valence-corrected chi connectivity index (χ3v) is 11.4. The van der Waals surface area contributed by atoms with Crippen molar-refractivity contribution in [1.82, 2.24) is 9.13 Å². The first-order chi connectivity index (χ1) is 30.2. The number of halogens is 3. The Hall–Kier alpha value is -8.89. The van der Waals surface area contributed by atoms with Crippen LogP contribution in [0, 0.1) is 40.6 Å². The monoisotopic (exact) mass is 804 g/mol. The number of hydrogen-bond donors (Lipinski definition) is 0. The molecule has 6 nitrogen and oxygen atoms in total. The fourth-order valence-corrected chi connectivity index (χ4v) is 8.68. The number of nitrogens with zero attached hydrogens (tertiary/aromatic N) is 6. The first kappa shape index (κ1) is 37.4. The summed E-state index contributed by atoms with van der Waals surface area (Å²) in [4.78, 5) is 3.61. The van der Waals surface area contributed by atoms with E-state index in [9.17, 15) is 15.8 Å². The second kappa shape index (κ2) is 14.4. The highest BCUT2D eigenvalue weighted by molar-refractivity contribution is 6.12. The lowest BCUT2D eigenvalue weighted by molar-refractivity contribution is -0.137. The average Bonchev–Trinajstić information content (AvgIpc) is 3.82. The Kier molecular flexibility index (Phi) is 8.70. The smallest absolute Gasteiger partial charge is 0.309 e. The van der Waals surface area contributed by atoms with Crippen molar-refractivity contribution in [3.8, 4) is 63.0 Å². The molecule has 10 rings (SSSR count). The van der Waals surface area contributed by atoms with Gasteiger partial charge in [-0.2, -0.15) is 29.0 Å². The average molecular weight is 805 g/mol. The Morgan fingerprint density at radius 2 is 1.00 bits per heavy atom. The number of para-hydroxylation sites is 2. The van der Waals surface area contributed by atoms with E-state index < -0.39 is 11.7 Å². The van der Waals surface area contributed by atoms with Gasteiger partial charge in [0.05, 0.1) is 74.4 Å². The van der Waals surface area contributed by atoms with Crippen LogP contribution in [0.2, 0.25) is 0 Å². The molecule has 0 saturated carbocycles. The molecule has 0 saturated heterocycles. The number of aromatic nitrogens is 2. The molecule has 0 fully saturated rings. The van der Waals surface area contributed by atoms with Crippen LogP contribution in [0.4, 0.5) is 18.9 Å². The molecule has 290 valence electrons. The molecule has 0 unspecified atom stereocenters. The minimum Gasteiger partial charge on any atom is -0.309 e. The second-order valence-electron chi connectivity index (χ2n) is 14.9. The van der Waals surface area contributed by atoms with E-state index in [2.05, 4.69) is 17.0 Å². The lowest BCUT2D eigenvalue weighted by Gasteiger charge is -2.21. The molecule has 0 aliphatic heterocycles. The maximum Gasteiger partial charge on any atom is 0.417 e. The normalized spacial score (nSPS) is 11.4. The van der Waals surface area contributed by atoms with Crippen LogP contribution in [0.1, 0.15) is 22.3 Å². The van der Waals surface area contributed by atoms with Crippen LogP contribution in [-0.4, -0.2) is 9.13 Å². The molecule has 0 atom stereocenters. The Balaban J connectivity index is 1.34. The highest BCUT2D eigenvalue weighted by Gasteiger charge is 2.35. The van der Waals surface area contributed by atoms with E-state index in [0.29, 0.717) is 39.2 Å². The summed E-state index contributed by atoms with van der Waals surface area (Å²) in [5, 5.41) is 34.0. The van der Waals surface area contributed by atoms with Crippen LogP contribution >= 0.6 is 0 Å². The van der Waals surface area contributed by atoms with Gasteiger partial charge in [0.2, 0.25) is 0 Å². The van der Waals surface area contributed by atoms with Gasteiger partial charge in [-0.05, 0) is 94.5 Å². The van der Waals surface area contributed by atoms with Gasteiger partial charge in [0, 0.05) is 27.1 Å². The molecule has 0 N–H and O–H groups in total. The first-order valence-corrected chi connectivity index (χ1v) is 19.4. The largest absolute Gasteiger partial charge is 0.417 e. The van der Waals surface area contributed by atoms with Crippen LogP contribution in [0.15, 0.2) is 164 Å². The van der Waals surface area contributed by atoms with Gasteiger partial charge in [-0.25, -0.2) is 4.85 Å². The van der Waals surface area contributed by atoms with Crippen LogP contribution in [-0.2, 0) is 6.18 Å². The highest BCUT2D eigenvalue weighted by Crippen LogP contribution is 2.45. The van der Waals surface area contributed by atoms with Gasteiger partial charge in [-0.15, -0.1) is 0 Å². The minimum absolute atomic E-state index is 0.143. The topological polar surface area (TPSA) is 85.6 Å². The van der Waals surface area contributed by atoms with Crippen molar-refractivity contribution in [3.63, 3.8) is 0 Å². The molecule has 8 aromatic carbocycles. The predicted molar refractivity (Wildman–Crippen MR) is 237 cm³/mol. The van der Waals surface area contributed by atoms with Crippen molar-refractivity contribution in [2.45, 2.75) is 6.18 Å². The molecule has 0 aliphatic carbocycles. The van der Waals surface area contributed by atoms with Crippen LogP contribution in [0.25, 0.3) is 93.2 Å². The lowest BCUT2D eigenvalue weighted by Crippen LogP contribution is -2.10. The fraction of sp³-hybridized carbons (Fsp3) is 0.0189. The van der Waals surface area contributed by atoms with Gasteiger partial charge in [0.1, 0.15) is 6.07 Å². The summed E-state index contributed by atoms with van der Waals surface area (Å²) in [6.45, 7) is 7.59. The number of nitriles is 3. The molecular weight excluding hydrogens is 778 g/mol. The van der Waals surface area contributed by atoms with Crippen LogP contribution in [0.3, 0.4) is 0 Å². The zero-order chi connectivity index (χ0) is 42.7. The molecule has 0 aliphatic rings. The summed E-state index contributed by atoms with van der Waals surface area (Å²) < 4.78 is 49.8. The second-order valence-corrected chi connectivity index (χ2v) is 14.9. The van der Waals surface area contributed by atoms with E-state index in [1.54, 1.807) is 36.4 Å². The lowest BCUT2D eigenvalue weighted by atomic mass is 9.93. The molecule has 10 aromatic rings. The quantitative estimate of drug-likeness (QED) is 0.162. The number of fused-ring (bicyclic) bond motifs is 6. The summed E-state index contributed by atoms with van der Waals surface area (Å²) in [7, 11) is 0. The van der Waals surface area contributed by atoms with Gasteiger partial charge in [-0.1, -0.05) is 97.1 Å². The van der Waals surface area contributed by atoms with Crippen LogP contribution < -0.4 is 0 Å². The molecule has 0 bridgehead atoms. The Bertz CT molecular complexity index is 3690. The Morgan fingerprint density at radius 1 is 0.452 bits per heavy atom. The van der Waals surface area contributed by atoms with Crippen molar-refractivity contribution in [2.24, 2.45) is 0 Å². The maximum absolute atomic E-state index is 15.3. The van der Waals surface area contributed by atoms with Gasteiger partial charge in [0.25, 0.3) is 0 Å². The Labute approximate surface area is 352 Å². The number of alkyl halides is 3. The van der Waals surface area contributed by atoms with E-state index in [-0.39, 0.29) is 22.3 Å². The van der Waals surface area contributed by atoms with E-state index in [0.717, 1.165) is 55.4 Å². The van der Waals surface area contributed by atoms with Crippen molar-refractivity contribution in [1.29, 1.82) is 15.8 Å². The van der Waals surface area contributed by atoms with E-state index in [1.165, 1.54) is 12.1 Å². The fourth-order valence-electron chi connectivity index (χ4n) is 8.68. The van der Waals surface area contributed by atoms with Gasteiger partial charge in [0.15, 0.2) is 5.69 Å². The van der Waals surface area contributed by atoms with E-state index in [1.807, 2.05) is 124 Å². The molecule has 62 heavy (non-hydrogen) atoms. The van der Waals surface area contributed by atoms with Crippen LogP contribution in [0.5, 0.6) is 0 Å². The Morgan fingerprint density at radius 3 is 1.60 bits per heavy atom. The molecule has 9 heteroatoms. The third kappa shape index (κ3) is 6.01. The van der Waals surface area contributed by atoms with Gasteiger partial charge < -0.3 is 9.13 Å². The summed E-state index contributed by atoms with van der Waals surface area (Å²) in [5.74, 6) is 0. The first-order valence-electron chi connectivity index (χ1n) is 19.4. The zero-order valence-electron chi connectivity index (χ0n) is 32.4. The number of benzene rings is 8. The number of hydrogen-bond acceptors (Lipinski definition) is 3. The molecule has 0 amide bonds. The standard InChI is InChI=1S/C53H27F3N6/c1-60-39-11-7-10-35(24-39)37-18-21-44-42-13-3-5-15-48(42)62(51(44)26-37)52-27-38(31-59)49(28-45(52)40-19-16-33(30-58)23-46(40)53(54,55)56)61-47-14-4-2-12-41(47)43-20-17-36(25-50(43)61)34-9-6-8-32(22-34)29-57/h2-28H. The molecule has 0 spiro atoms. The van der Waals surface area contributed by atoms with Crippen molar-refractivity contribution < 1.29 is 13.2 Å². The summed E-state index contributed by atoms with van der Waals surface area (Å²) >= 11 is 0. The van der Waals surface area contributed by atoms with Gasteiger partial charge in [-0.3, -0.25) is 0 Å². The summed E-state index contributed by atoms with van der Waals surface area (Å²) in [6.07, 6.45) is -4.85. The molecule has 0 radical (unpaired) electrons. The third-order valence-electron chi connectivity index (χ3n) is 11.4. The van der Waals surface area contributed by atoms with E-state index in [4.69, 9.17) is 6.57 Å². The number of rotatable bonds is 5. The summed E-state index contributed by atoms with van der Waals surface area (Å²) in [6, 6.07) is 54.9. The minimum atomic E-state index is -4.85. The highest BCUT2D eigenvalue weighted by atomic mass is 19.4. The van der Waals surface area contributed by atoms with Gasteiger partial charge >= 0.3 is 6.18 Å². The van der Waals surface area contributed by atoms with Crippen molar-refractivity contribution in [2.75, 3.05) is 0 Å². The SMILES string of the molecule is [C-]#[N+]c1cccc(-c2ccc3c4ccccc4n(-c4cc(C#N)c(-n5c6ccccc6c6ccc(-c7cccc(C#N)c7)cc65)cc4-c4ccc(C#N)cc4C(F)(F)F)c3c2)c1. The van der Waals surface area contributed by atoms with Crippen molar-refractivity contribution >= 4 is 49.3 Å². The summed E-state index contributed by atoms with van der Waals surface area (Å²) in [5.41, 5.74) is 6.75. The van der Waals surface area contributed by atoms with E-state index >= 15 is 13.2 Å². The molecular formula is C53H27F3N6. The molecule has 2 aromatic heterocycles. The zero-order valence-corrected chi connectivity index (χ0v) is 32.4. The predicted octanol–water partition coefficient (Wildman–Crippen LogP) is 14.1. The molecule has 2 heterocycles.